The van der Waals surface area contributed by atoms with Crippen molar-refractivity contribution in [3.05, 3.63) is 75.4 Å². The van der Waals surface area contributed by atoms with Gasteiger partial charge in [-0.2, -0.15) is 0 Å². The van der Waals surface area contributed by atoms with Gasteiger partial charge in [-0.05, 0) is 53.9 Å². The fraction of sp³-hybridized carbons (Fsp3) is 0.190. The quantitative estimate of drug-likeness (QED) is 0.534. The van der Waals surface area contributed by atoms with Crippen molar-refractivity contribution in [1.29, 1.82) is 0 Å². The Kier molecular flexibility index (Phi) is 7.02. The molecule has 0 spiro atoms. The van der Waals surface area contributed by atoms with Gasteiger partial charge in [0.2, 0.25) is 0 Å². The molecule has 3 aromatic rings. The van der Waals surface area contributed by atoms with Crippen LogP contribution in [0, 0.1) is 0 Å². The lowest BCUT2D eigenvalue weighted by atomic mass is 10.2. The van der Waals surface area contributed by atoms with Gasteiger partial charge in [0.1, 0.15) is 16.7 Å². The highest BCUT2D eigenvalue weighted by atomic mass is 35.5. The Bertz CT molecular complexity index is 1110. The van der Waals surface area contributed by atoms with Crippen molar-refractivity contribution in [1.82, 2.24) is 5.32 Å². The molecule has 0 saturated heterocycles. The van der Waals surface area contributed by atoms with Crippen LogP contribution >= 0.6 is 22.9 Å². The van der Waals surface area contributed by atoms with Crippen LogP contribution in [0.2, 0.25) is 5.02 Å². The van der Waals surface area contributed by atoms with Crippen molar-refractivity contribution in [3.63, 3.8) is 0 Å². The van der Waals surface area contributed by atoms with Gasteiger partial charge < -0.3 is 14.8 Å². The second-order valence-corrected chi connectivity index (χ2v) is 9.83. The smallest absolute Gasteiger partial charge is 0.255 e. The number of nitrogens with one attached hydrogen (secondary N) is 1. The Balaban J connectivity index is 1.88. The molecule has 0 radical (unpaired) electrons. The Morgan fingerprint density at radius 1 is 1.10 bits per heavy atom. The maximum Gasteiger partial charge on any atom is 0.255 e. The zero-order valence-electron chi connectivity index (χ0n) is 16.3. The number of thiophene rings is 1. The number of amides is 1. The first-order valence-corrected chi connectivity index (χ1v) is 11.7. The molecule has 1 amide bonds. The molecule has 0 fully saturated rings. The first-order chi connectivity index (χ1) is 14.4. The maximum atomic E-state index is 13.3. The normalized spacial score (nSPS) is 12.2. The summed E-state index contributed by atoms with van der Waals surface area (Å²) >= 11 is 7.32. The van der Waals surface area contributed by atoms with E-state index in [0.717, 1.165) is 0 Å². The van der Waals surface area contributed by atoms with Crippen molar-refractivity contribution < 1.29 is 22.7 Å². The molecule has 1 unspecified atom stereocenters. The summed E-state index contributed by atoms with van der Waals surface area (Å²) in [6.07, 6.45) is 0. The van der Waals surface area contributed by atoms with Gasteiger partial charge in [0.05, 0.1) is 24.7 Å². The lowest BCUT2D eigenvalue weighted by molar-refractivity contribution is 0.0950. The van der Waals surface area contributed by atoms with E-state index < -0.39 is 21.0 Å². The summed E-state index contributed by atoms with van der Waals surface area (Å²) in [6, 6.07) is 14.4. The number of hydrogen-bond acceptors (Lipinski definition) is 6. The summed E-state index contributed by atoms with van der Waals surface area (Å²) < 4.78 is 37.0. The van der Waals surface area contributed by atoms with Crippen molar-refractivity contribution >= 4 is 38.7 Å². The lowest BCUT2D eigenvalue weighted by Crippen LogP contribution is -2.31. The van der Waals surface area contributed by atoms with E-state index in [0.29, 0.717) is 21.4 Å². The van der Waals surface area contributed by atoms with Crippen molar-refractivity contribution in [2.45, 2.75) is 10.1 Å². The molecule has 1 heterocycles. The summed E-state index contributed by atoms with van der Waals surface area (Å²) in [7, 11) is -0.809. The molecule has 0 saturated carbocycles. The third kappa shape index (κ3) is 4.77. The number of carbonyl (C=O) groups excluding carboxylic acids is 1. The van der Waals surface area contributed by atoms with E-state index in [1.165, 1.54) is 43.8 Å². The van der Waals surface area contributed by atoms with Gasteiger partial charge in [0.25, 0.3) is 5.91 Å². The van der Waals surface area contributed by atoms with Crippen LogP contribution in [0.15, 0.2) is 64.9 Å². The van der Waals surface area contributed by atoms with Gasteiger partial charge in [-0.15, -0.1) is 11.3 Å². The van der Waals surface area contributed by atoms with Crippen molar-refractivity contribution in [2.75, 3.05) is 20.8 Å². The van der Waals surface area contributed by atoms with E-state index in [1.807, 2.05) is 0 Å². The van der Waals surface area contributed by atoms with Crippen LogP contribution in [0.3, 0.4) is 0 Å². The van der Waals surface area contributed by atoms with Crippen LogP contribution in [0.25, 0.3) is 0 Å². The first-order valence-electron chi connectivity index (χ1n) is 8.90. The van der Waals surface area contributed by atoms with Crippen LogP contribution in [0.5, 0.6) is 11.5 Å². The maximum absolute atomic E-state index is 13.3. The zero-order valence-corrected chi connectivity index (χ0v) is 18.7. The van der Waals surface area contributed by atoms with Crippen LogP contribution in [0.1, 0.15) is 20.5 Å². The minimum absolute atomic E-state index is 0.108. The minimum Gasteiger partial charge on any atom is -0.497 e. The topological polar surface area (TPSA) is 81.7 Å². The number of carbonyl (C=O) groups is 1. The van der Waals surface area contributed by atoms with Gasteiger partial charge >= 0.3 is 0 Å². The van der Waals surface area contributed by atoms with Crippen LogP contribution in [-0.2, 0) is 9.84 Å². The predicted molar refractivity (Wildman–Crippen MR) is 118 cm³/mol. The van der Waals surface area contributed by atoms with E-state index in [4.69, 9.17) is 21.1 Å². The Hall–Kier alpha value is -2.55. The fourth-order valence-corrected chi connectivity index (χ4v) is 5.86. The van der Waals surface area contributed by atoms with E-state index in [1.54, 1.807) is 41.8 Å². The first kappa shape index (κ1) is 22.1. The fourth-order valence-electron chi connectivity index (χ4n) is 2.91. The van der Waals surface area contributed by atoms with Crippen LogP contribution < -0.4 is 14.8 Å². The SMILES string of the molecule is COc1ccc(S(=O)(=O)C(CNC(=O)c2cc(Cl)ccc2OC)c2cccs2)cc1. The Morgan fingerprint density at radius 3 is 2.43 bits per heavy atom. The molecule has 1 atom stereocenters. The number of halogens is 1. The van der Waals surface area contributed by atoms with Gasteiger partial charge in [0, 0.05) is 16.4 Å². The van der Waals surface area contributed by atoms with E-state index in [-0.39, 0.29) is 17.0 Å². The third-order valence-corrected chi connectivity index (χ3v) is 7.95. The summed E-state index contributed by atoms with van der Waals surface area (Å²) in [6.45, 7) is -0.108. The van der Waals surface area contributed by atoms with Crippen molar-refractivity contribution in [3.8, 4) is 11.5 Å². The average molecular weight is 466 g/mol. The third-order valence-electron chi connectivity index (χ3n) is 4.48. The Labute approximate surface area is 184 Å². The highest BCUT2D eigenvalue weighted by Gasteiger charge is 2.31. The largest absolute Gasteiger partial charge is 0.497 e. The van der Waals surface area contributed by atoms with Gasteiger partial charge in [-0.3, -0.25) is 4.79 Å². The highest BCUT2D eigenvalue weighted by molar-refractivity contribution is 7.91. The van der Waals surface area contributed by atoms with E-state index >= 15 is 0 Å². The lowest BCUT2D eigenvalue weighted by Gasteiger charge is -2.18. The zero-order chi connectivity index (χ0) is 21.7. The van der Waals surface area contributed by atoms with E-state index in [2.05, 4.69) is 5.32 Å². The molecule has 1 aromatic heterocycles. The number of ether oxygens (including phenoxy) is 2. The summed E-state index contributed by atoms with van der Waals surface area (Å²) in [5.74, 6) is 0.436. The molecule has 0 aliphatic rings. The number of sulfone groups is 1. The molecule has 0 aliphatic carbocycles. The number of rotatable bonds is 8. The Morgan fingerprint density at radius 2 is 1.83 bits per heavy atom. The molecule has 6 nitrogen and oxygen atoms in total. The molecule has 0 aliphatic heterocycles. The van der Waals surface area contributed by atoms with Crippen molar-refractivity contribution in [2.24, 2.45) is 0 Å². The second-order valence-electron chi connectivity index (χ2n) is 6.28. The average Bonchev–Trinajstić information content (AvgIpc) is 3.28. The summed E-state index contributed by atoms with van der Waals surface area (Å²) in [5.41, 5.74) is 0.233. The molecule has 2 aromatic carbocycles. The van der Waals surface area contributed by atoms with Crippen LogP contribution in [-0.4, -0.2) is 35.1 Å². The van der Waals surface area contributed by atoms with Gasteiger partial charge in [0.15, 0.2) is 9.84 Å². The van der Waals surface area contributed by atoms with Gasteiger partial charge in [-0.25, -0.2) is 8.42 Å². The number of methoxy groups -OCH3 is 2. The van der Waals surface area contributed by atoms with Gasteiger partial charge in [-0.1, -0.05) is 17.7 Å². The van der Waals surface area contributed by atoms with E-state index in [9.17, 15) is 13.2 Å². The molecule has 158 valence electrons. The molecular formula is C21H20ClNO5S2. The molecule has 1 N–H and O–H groups in total. The molecule has 3 rings (SSSR count). The monoisotopic (exact) mass is 465 g/mol. The molecular weight excluding hydrogens is 446 g/mol. The minimum atomic E-state index is -3.77. The molecule has 0 bridgehead atoms. The number of hydrogen-bond donors (Lipinski definition) is 1. The predicted octanol–water partition coefficient (Wildman–Crippen LogP) is 4.36. The highest BCUT2D eigenvalue weighted by Crippen LogP contribution is 2.32. The molecule has 9 heteroatoms. The van der Waals surface area contributed by atoms with Crippen LogP contribution in [0.4, 0.5) is 0 Å². The number of benzene rings is 2. The standard InChI is InChI=1S/C21H20ClNO5S2/c1-27-15-6-8-16(9-7-15)30(25,26)20(19-4-3-11-29-19)13-23-21(24)17-12-14(22)5-10-18(17)28-2/h3-12,20H,13H2,1-2H3,(H,23,24). The molecule has 30 heavy (non-hydrogen) atoms. The summed E-state index contributed by atoms with van der Waals surface area (Å²) in [5, 5.41) is 3.94. The summed E-state index contributed by atoms with van der Waals surface area (Å²) in [4.78, 5) is 13.5. The second kappa shape index (κ2) is 9.51.